The van der Waals surface area contributed by atoms with Gasteiger partial charge in [0, 0.05) is 31.3 Å². The van der Waals surface area contributed by atoms with E-state index in [1.165, 1.54) is 0 Å². The Hall–Kier alpha value is -2.27. The van der Waals surface area contributed by atoms with Gasteiger partial charge in [-0.25, -0.2) is 0 Å². The van der Waals surface area contributed by atoms with Crippen molar-refractivity contribution in [2.24, 2.45) is 0 Å². The minimum absolute atomic E-state index is 0.0108. The number of aromatic nitrogens is 1. The molecule has 0 radical (unpaired) electrons. The van der Waals surface area contributed by atoms with Crippen LogP contribution in [0, 0.1) is 6.92 Å². The van der Waals surface area contributed by atoms with E-state index >= 15 is 0 Å². The van der Waals surface area contributed by atoms with Crippen LogP contribution in [0.25, 0.3) is 11.1 Å². The SMILES string of the molecule is Cc1cc(-c2cc3n(c2)CCCNC3=O)ccc1OC1CCOC1. The van der Waals surface area contributed by atoms with Crippen LogP contribution in [0.3, 0.4) is 0 Å². The van der Waals surface area contributed by atoms with E-state index in [2.05, 4.69) is 30.6 Å². The van der Waals surface area contributed by atoms with E-state index in [0.29, 0.717) is 6.61 Å². The highest BCUT2D eigenvalue weighted by atomic mass is 16.5. The summed E-state index contributed by atoms with van der Waals surface area (Å²) >= 11 is 0. The summed E-state index contributed by atoms with van der Waals surface area (Å²) in [6, 6.07) is 8.18. The third-order valence-electron chi connectivity index (χ3n) is 4.68. The van der Waals surface area contributed by atoms with E-state index in [9.17, 15) is 4.79 Å². The lowest BCUT2D eigenvalue weighted by molar-refractivity contribution is 0.0951. The number of hydrogen-bond donors (Lipinski definition) is 1. The molecule has 1 amide bonds. The van der Waals surface area contributed by atoms with Crippen molar-refractivity contribution in [1.29, 1.82) is 0 Å². The van der Waals surface area contributed by atoms with Crippen molar-refractivity contribution in [2.45, 2.75) is 32.4 Å². The Bertz CT molecular complexity index is 760. The molecule has 0 bridgehead atoms. The fraction of sp³-hybridized carbons (Fsp3) is 0.421. The molecule has 0 spiro atoms. The predicted molar refractivity (Wildman–Crippen MR) is 91.4 cm³/mol. The van der Waals surface area contributed by atoms with Gasteiger partial charge in [0.15, 0.2) is 0 Å². The summed E-state index contributed by atoms with van der Waals surface area (Å²) in [5.41, 5.74) is 4.02. The second-order valence-electron chi connectivity index (χ2n) is 6.50. The standard InChI is InChI=1S/C19H22N2O3/c1-13-9-14(3-4-18(13)24-16-5-8-23-12-16)15-10-17-19(22)20-6-2-7-21(17)11-15/h3-4,9-11,16H,2,5-8,12H2,1H3,(H,20,22). The number of benzene rings is 1. The summed E-state index contributed by atoms with van der Waals surface area (Å²) in [5.74, 6) is 0.921. The molecule has 1 atom stereocenters. The molecular formula is C19H22N2O3. The minimum Gasteiger partial charge on any atom is -0.488 e. The minimum atomic E-state index is 0.0108. The van der Waals surface area contributed by atoms with Crippen molar-refractivity contribution in [3.05, 3.63) is 41.7 Å². The van der Waals surface area contributed by atoms with Gasteiger partial charge in [0.25, 0.3) is 5.91 Å². The molecule has 2 aromatic rings. The number of fused-ring (bicyclic) bond motifs is 1. The first-order chi connectivity index (χ1) is 11.7. The average Bonchev–Trinajstić information content (AvgIpc) is 3.20. The van der Waals surface area contributed by atoms with Gasteiger partial charge in [-0.1, -0.05) is 6.07 Å². The molecule has 24 heavy (non-hydrogen) atoms. The molecule has 5 heteroatoms. The molecule has 5 nitrogen and oxygen atoms in total. The number of rotatable bonds is 3. The topological polar surface area (TPSA) is 52.5 Å². The van der Waals surface area contributed by atoms with Gasteiger partial charge >= 0.3 is 0 Å². The lowest BCUT2D eigenvalue weighted by atomic mass is 10.1. The van der Waals surface area contributed by atoms with E-state index in [-0.39, 0.29) is 12.0 Å². The smallest absolute Gasteiger partial charge is 0.267 e. The molecule has 0 saturated carbocycles. The molecule has 1 fully saturated rings. The number of aryl methyl sites for hydroxylation is 2. The maximum absolute atomic E-state index is 12.1. The highest BCUT2D eigenvalue weighted by molar-refractivity contribution is 5.94. The molecule has 1 N–H and O–H groups in total. The second kappa shape index (κ2) is 6.32. The molecule has 2 aliphatic heterocycles. The lowest BCUT2D eigenvalue weighted by Crippen LogP contribution is -2.22. The van der Waals surface area contributed by atoms with Crippen LogP contribution in [0.5, 0.6) is 5.75 Å². The van der Waals surface area contributed by atoms with Crippen LogP contribution < -0.4 is 10.1 Å². The van der Waals surface area contributed by atoms with Crippen LogP contribution in [-0.2, 0) is 11.3 Å². The summed E-state index contributed by atoms with van der Waals surface area (Å²) in [4.78, 5) is 12.1. The number of carbonyl (C=O) groups excluding carboxylic acids is 1. The Morgan fingerprint density at radius 3 is 3.00 bits per heavy atom. The molecule has 0 aliphatic carbocycles. The zero-order chi connectivity index (χ0) is 16.5. The first-order valence-electron chi connectivity index (χ1n) is 8.54. The Labute approximate surface area is 141 Å². The van der Waals surface area contributed by atoms with Gasteiger partial charge in [-0.05, 0) is 42.7 Å². The molecule has 126 valence electrons. The summed E-state index contributed by atoms with van der Waals surface area (Å²) in [7, 11) is 0. The third-order valence-corrected chi connectivity index (χ3v) is 4.68. The summed E-state index contributed by atoms with van der Waals surface area (Å²) < 4.78 is 13.4. The number of nitrogens with zero attached hydrogens (tertiary/aromatic N) is 1. The quantitative estimate of drug-likeness (QED) is 0.943. The molecule has 1 aromatic carbocycles. The molecular weight excluding hydrogens is 304 g/mol. The summed E-state index contributed by atoms with van der Waals surface area (Å²) in [6.45, 7) is 5.12. The van der Waals surface area contributed by atoms with Crippen molar-refractivity contribution in [3.63, 3.8) is 0 Å². The fourth-order valence-electron chi connectivity index (χ4n) is 3.33. The Morgan fingerprint density at radius 1 is 1.29 bits per heavy atom. The first-order valence-corrected chi connectivity index (χ1v) is 8.54. The molecule has 3 heterocycles. The molecule has 1 aromatic heterocycles. The van der Waals surface area contributed by atoms with Crippen LogP contribution in [0.1, 0.15) is 28.9 Å². The highest BCUT2D eigenvalue weighted by Gasteiger charge is 2.19. The number of carbonyl (C=O) groups is 1. The van der Waals surface area contributed by atoms with E-state index in [1.807, 2.05) is 16.7 Å². The van der Waals surface area contributed by atoms with E-state index < -0.39 is 0 Å². The largest absolute Gasteiger partial charge is 0.488 e. The van der Waals surface area contributed by atoms with Crippen LogP contribution >= 0.6 is 0 Å². The maximum atomic E-state index is 12.1. The predicted octanol–water partition coefficient (Wildman–Crippen LogP) is 2.76. The van der Waals surface area contributed by atoms with Crippen molar-refractivity contribution in [1.82, 2.24) is 9.88 Å². The van der Waals surface area contributed by atoms with Crippen LogP contribution in [0.15, 0.2) is 30.5 Å². The fourth-order valence-corrected chi connectivity index (χ4v) is 3.33. The normalized spacial score (nSPS) is 20.4. The van der Waals surface area contributed by atoms with Crippen molar-refractivity contribution < 1.29 is 14.3 Å². The van der Waals surface area contributed by atoms with Crippen molar-refractivity contribution in [3.8, 4) is 16.9 Å². The molecule has 1 saturated heterocycles. The third kappa shape index (κ3) is 2.91. The second-order valence-corrected chi connectivity index (χ2v) is 6.50. The summed E-state index contributed by atoms with van der Waals surface area (Å²) in [5, 5.41) is 2.93. The van der Waals surface area contributed by atoms with Gasteiger partial charge in [-0.3, -0.25) is 4.79 Å². The zero-order valence-electron chi connectivity index (χ0n) is 13.9. The summed E-state index contributed by atoms with van der Waals surface area (Å²) in [6.07, 6.45) is 4.13. The van der Waals surface area contributed by atoms with E-state index in [0.717, 1.165) is 60.7 Å². The number of hydrogen-bond acceptors (Lipinski definition) is 3. The van der Waals surface area contributed by atoms with Gasteiger partial charge < -0.3 is 19.4 Å². The first kappa shape index (κ1) is 15.3. The number of amides is 1. The van der Waals surface area contributed by atoms with Gasteiger partial charge in [0.1, 0.15) is 17.5 Å². The van der Waals surface area contributed by atoms with Crippen LogP contribution in [0.4, 0.5) is 0 Å². The van der Waals surface area contributed by atoms with E-state index in [1.54, 1.807) is 0 Å². The van der Waals surface area contributed by atoms with E-state index in [4.69, 9.17) is 9.47 Å². The van der Waals surface area contributed by atoms with Crippen molar-refractivity contribution in [2.75, 3.05) is 19.8 Å². The zero-order valence-corrected chi connectivity index (χ0v) is 13.9. The van der Waals surface area contributed by atoms with Gasteiger partial charge in [0.05, 0.1) is 13.2 Å². The Balaban J connectivity index is 1.59. The van der Waals surface area contributed by atoms with Crippen molar-refractivity contribution >= 4 is 5.91 Å². The number of nitrogens with one attached hydrogen (secondary N) is 1. The highest BCUT2D eigenvalue weighted by Crippen LogP contribution is 2.29. The van der Waals surface area contributed by atoms with Gasteiger partial charge in [0.2, 0.25) is 0 Å². The Kier molecular flexibility index (Phi) is 4.02. The Morgan fingerprint density at radius 2 is 2.21 bits per heavy atom. The van der Waals surface area contributed by atoms with Crippen LogP contribution in [0.2, 0.25) is 0 Å². The molecule has 2 aliphatic rings. The molecule has 4 rings (SSSR count). The van der Waals surface area contributed by atoms with Crippen LogP contribution in [-0.4, -0.2) is 36.3 Å². The number of ether oxygens (including phenoxy) is 2. The monoisotopic (exact) mass is 326 g/mol. The lowest BCUT2D eigenvalue weighted by Gasteiger charge is -2.14. The van der Waals surface area contributed by atoms with Gasteiger partial charge in [-0.15, -0.1) is 0 Å². The average molecular weight is 326 g/mol. The molecule has 1 unspecified atom stereocenters. The maximum Gasteiger partial charge on any atom is 0.267 e. The van der Waals surface area contributed by atoms with Gasteiger partial charge in [-0.2, -0.15) is 0 Å².